The lowest BCUT2D eigenvalue weighted by molar-refractivity contribution is -0.141. The first-order chi connectivity index (χ1) is 7.47. The molecule has 1 aromatic carbocycles. The SMILES string of the molecule is COC(=O)C[C@H](N)c1ccc(Br)c(F)c1O. The molecule has 4 nitrogen and oxygen atoms in total. The lowest BCUT2D eigenvalue weighted by Gasteiger charge is -2.13. The number of hydrogen-bond donors (Lipinski definition) is 2. The molecule has 1 aromatic rings. The largest absolute Gasteiger partial charge is 0.505 e. The summed E-state index contributed by atoms with van der Waals surface area (Å²) in [4.78, 5) is 11.0. The van der Waals surface area contributed by atoms with Crippen LogP contribution in [0.15, 0.2) is 16.6 Å². The van der Waals surface area contributed by atoms with Crippen molar-refractivity contribution >= 4 is 21.9 Å². The van der Waals surface area contributed by atoms with Gasteiger partial charge in [-0.25, -0.2) is 4.39 Å². The maximum Gasteiger partial charge on any atom is 0.307 e. The number of phenolic OH excluding ortho intramolecular Hbond substituents is 1. The van der Waals surface area contributed by atoms with Crippen LogP contribution in [-0.2, 0) is 9.53 Å². The minimum atomic E-state index is -0.796. The van der Waals surface area contributed by atoms with Crippen LogP contribution in [0.5, 0.6) is 5.75 Å². The van der Waals surface area contributed by atoms with Crippen LogP contribution < -0.4 is 5.73 Å². The number of carbonyl (C=O) groups is 1. The second kappa shape index (κ2) is 5.27. The summed E-state index contributed by atoms with van der Waals surface area (Å²) in [5.41, 5.74) is 5.82. The van der Waals surface area contributed by atoms with E-state index in [2.05, 4.69) is 20.7 Å². The molecule has 0 spiro atoms. The van der Waals surface area contributed by atoms with Gasteiger partial charge in [0.1, 0.15) is 0 Å². The molecule has 0 saturated heterocycles. The standard InChI is InChI=1S/C10H11BrFNO3/c1-16-8(14)4-7(13)5-2-3-6(11)9(12)10(5)15/h2-3,7,15H,4,13H2,1H3/t7-/m0/s1. The Morgan fingerprint density at radius 2 is 2.31 bits per heavy atom. The smallest absolute Gasteiger partial charge is 0.307 e. The molecule has 0 aliphatic heterocycles. The van der Waals surface area contributed by atoms with Crippen molar-refractivity contribution < 1.29 is 19.0 Å². The normalized spacial score (nSPS) is 12.2. The summed E-state index contributed by atoms with van der Waals surface area (Å²) in [6, 6.07) is 2.08. The molecule has 0 fully saturated rings. The van der Waals surface area contributed by atoms with E-state index in [9.17, 15) is 14.3 Å². The van der Waals surface area contributed by atoms with Gasteiger partial charge in [-0.05, 0) is 22.0 Å². The number of ether oxygens (including phenoxy) is 1. The topological polar surface area (TPSA) is 72.5 Å². The zero-order valence-electron chi connectivity index (χ0n) is 8.54. The number of nitrogens with two attached hydrogens (primary N) is 1. The van der Waals surface area contributed by atoms with E-state index >= 15 is 0 Å². The highest BCUT2D eigenvalue weighted by atomic mass is 79.9. The Morgan fingerprint density at radius 1 is 1.69 bits per heavy atom. The number of rotatable bonds is 3. The summed E-state index contributed by atoms with van der Waals surface area (Å²) in [7, 11) is 1.23. The van der Waals surface area contributed by atoms with Crippen molar-refractivity contribution in [1.29, 1.82) is 0 Å². The number of halogens is 2. The average Bonchev–Trinajstić information content (AvgIpc) is 2.25. The van der Waals surface area contributed by atoms with Gasteiger partial charge < -0.3 is 15.6 Å². The number of carbonyl (C=O) groups excluding carboxylic acids is 1. The zero-order valence-corrected chi connectivity index (χ0v) is 10.1. The fraction of sp³-hybridized carbons (Fsp3) is 0.300. The van der Waals surface area contributed by atoms with E-state index in [1.165, 1.54) is 19.2 Å². The van der Waals surface area contributed by atoms with Crippen molar-refractivity contribution in [3.05, 3.63) is 28.0 Å². The van der Waals surface area contributed by atoms with Crippen LogP contribution in [0.3, 0.4) is 0 Å². The Morgan fingerprint density at radius 3 is 2.88 bits per heavy atom. The van der Waals surface area contributed by atoms with E-state index in [1.54, 1.807) is 0 Å². The minimum Gasteiger partial charge on any atom is -0.505 e. The van der Waals surface area contributed by atoms with E-state index in [1.807, 2.05) is 0 Å². The molecule has 0 aliphatic rings. The number of esters is 1. The van der Waals surface area contributed by atoms with E-state index in [-0.39, 0.29) is 16.5 Å². The van der Waals surface area contributed by atoms with E-state index in [0.717, 1.165) is 0 Å². The molecule has 88 valence electrons. The number of methoxy groups -OCH3 is 1. The molecule has 6 heteroatoms. The second-order valence-corrected chi connectivity index (χ2v) is 4.04. The van der Waals surface area contributed by atoms with Crippen LogP contribution in [0, 0.1) is 5.82 Å². The van der Waals surface area contributed by atoms with Crippen molar-refractivity contribution in [2.24, 2.45) is 5.73 Å². The average molecular weight is 292 g/mol. The van der Waals surface area contributed by atoms with Gasteiger partial charge in [-0.3, -0.25) is 4.79 Å². The fourth-order valence-electron chi connectivity index (χ4n) is 1.23. The summed E-state index contributed by atoms with van der Waals surface area (Å²) < 4.78 is 17.9. The Bertz CT molecular complexity index is 411. The Labute approximate surface area is 100 Å². The zero-order chi connectivity index (χ0) is 12.3. The van der Waals surface area contributed by atoms with E-state index in [0.29, 0.717) is 0 Å². The Balaban J connectivity index is 2.96. The molecule has 0 aliphatic carbocycles. The number of phenols is 1. The first-order valence-electron chi connectivity index (χ1n) is 4.46. The minimum absolute atomic E-state index is 0.120. The van der Waals surface area contributed by atoms with Crippen LogP contribution in [-0.4, -0.2) is 18.2 Å². The van der Waals surface area contributed by atoms with E-state index in [4.69, 9.17) is 5.73 Å². The van der Waals surface area contributed by atoms with Crippen molar-refractivity contribution in [3.63, 3.8) is 0 Å². The van der Waals surface area contributed by atoms with Gasteiger partial charge in [0.2, 0.25) is 0 Å². The van der Waals surface area contributed by atoms with Crippen LogP contribution in [0.4, 0.5) is 4.39 Å². The summed E-state index contributed by atoms with van der Waals surface area (Å²) in [6.45, 7) is 0. The quantitative estimate of drug-likeness (QED) is 0.834. The first kappa shape index (κ1) is 12.9. The lowest BCUT2D eigenvalue weighted by Crippen LogP contribution is -2.16. The highest BCUT2D eigenvalue weighted by Crippen LogP contribution is 2.32. The highest BCUT2D eigenvalue weighted by molar-refractivity contribution is 9.10. The van der Waals surface area contributed by atoms with Crippen LogP contribution in [0.25, 0.3) is 0 Å². The van der Waals surface area contributed by atoms with Gasteiger partial charge >= 0.3 is 5.97 Å². The molecule has 1 atom stereocenters. The molecule has 0 saturated carbocycles. The molecule has 0 amide bonds. The third-order valence-electron chi connectivity index (χ3n) is 2.11. The Hall–Kier alpha value is -1.14. The maximum atomic E-state index is 13.3. The summed E-state index contributed by atoms with van der Waals surface area (Å²) in [6.07, 6.45) is -0.120. The summed E-state index contributed by atoms with van der Waals surface area (Å²) in [5.74, 6) is -1.86. The Kier molecular flexibility index (Phi) is 4.26. The van der Waals surface area contributed by atoms with Gasteiger partial charge in [-0.15, -0.1) is 0 Å². The maximum absolute atomic E-state index is 13.3. The molecule has 1 rings (SSSR count). The third-order valence-corrected chi connectivity index (χ3v) is 2.73. The molecule has 3 N–H and O–H groups in total. The van der Waals surface area contributed by atoms with Gasteiger partial charge in [-0.2, -0.15) is 0 Å². The fourth-order valence-corrected chi connectivity index (χ4v) is 1.55. The van der Waals surface area contributed by atoms with Gasteiger partial charge in [-0.1, -0.05) is 6.07 Å². The predicted molar refractivity (Wildman–Crippen MR) is 59.3 cm³/mol. The first-order valence-corrected chi connectivity index (χ1v) is 5.26. The second-order valence-electron chi connectivity index (χ2n) is 3.19. The molecule has 16 heavy (non-hydrogen) atoms. The van der Waals surface area contributed by atoms with Gasteiger partial charge in [0.15, 0.2) is 11.6 Å². The van der Waals surface area contributed by atoms with Crippen molar-refractivity contribution in [3.8, 4) is 5.75 Å². The molecule has 0 bridgehead atoms. The molecule has 0 unspecified atom stereocenters. The predicted octanol–water partition coefficient (Wildman–Crippen LogP) is 1.86. The van der Waals surface area contributed by atoms with E-state index < -0.39 is 23.6 Å². The van der Waals surface area contributed by atoms with Gasteiger partial charge in [0.25, 0.3) is 0 Å². The number of benzene rings is 1. The molecule has 0 aromatic heterocycles. The van der Waals surface area contributed by atoms with Gasteiger partial charge in [0, 0.05) is 11.6 Å². The molecule has 0 radical (unpaired) electrons. The van der Waals surface area contributed by atoms with Crippen LogP contribution >= 0.6 is 15.9 Å². The van der Waals surface area contributed by atoms with Crippen LogP contribution in [0.1, 0.15) is 18.0 Å². The summed E-state index contributed by atoms with van der Waals surface area (Å²) >= 11 is 2.93. The number of aromatic hydroxyl groups is 1. The van der Waals surface area contributed by atoms with Gasteiger partial charge in [0.05, 0.1) is 18.0 Å². The monoisotopic (exact) mass is 291 g/mol. The summed E-state index contributed by atoms with van der Waals surface area (Å²) in [5, 5.41) is 9.50. The molecular weight excluding hydrogens is 281 g/mol. The highest BCUT2D eigenvalue weighted by Gasteiger charge is 2.19. The van der Waals surface area contributed by atoms with Crippen LogP contribution in [0.2, 0.25) is 0 Å². The van der Waals surface area contributed by atoms with Crippen molar-refractivity contribution in [1.82, 2.24) is 0 Å². The molecular formula is C10H11BrFNO3. The molecule has 0 heterocycles. The lowest BCUT2D eigenvalue weighted by atomic mass is 10.0. The third kappa shape index (κ3) is 2.70. The number of hydrogen-bond acceptors (Lipinski definition) is 4. The van der Waals surface area contributed by atoms with Crippen molar-refractivity contribution in [2.75, 3.05) is 7.11 Å². The van der Waals surface area contributed by atoms with Crippen molar-refractivity contribution in [2.45, 2.75) is 12.5 Å².